The fraction of sp³-hybridized carbons (Fsp3) is 0.0870. The van der Waals surface area contributed by atoms with Crippen LogP contribution in [0.1, 0.15) is 5.56 Å². The summed E-state index contributed by atoms with van der Waals surface area (Å²) in [4.78, 5) is 29.8. The molecule has 0 saturated carbocycles. The van der Waals surface area contributed by atoms with Gasteiger partial charge in [-0.25, -0.2) is 4.98 Å². The van der Waals surface area contributed by atoms with Gasteiger partial charge in [-0.3, -0.25) is 9.59 Å². The maximum atomic E-state index is 12.2. The third-order valence-electron chi connectivity index (χ3n) is 4.33. The largest absolute Gasteiger partial charge is 0.326 e. The van der Waals surface area contributed by atoms with Gasteiger partial charge in [0.15, 0.2) is 5.13 Å². The number of anilines is 2. The lowest BCUT2D eigenvalue weighted by atomic mass is 10.1. The van der Waals surface area contributed by atoms with Gasteiger partial charge in [-0.2, -0.15) is 0 Å². The average Bonchev–Trinajstić information content (AvgIpc) is 3.17. The second-order valence-electron chi connectivity index (χ2n) is 6.70. The van der Waals surface area contributed by atoms with Gasteiger partial charge in [0.2, 0.25) is 11.8 Å². The number of nitrogens with one attached hydrogen (secondary N) is 2. The van der Waals surface area contributed by atoms with Crippen molar-refractivity contribution in [3.05, 3.63) is 83.4 Å². The molecular formula is C23H18ClN3O2S2. The van der Waals surface area contributed by atoms with Gasteiger partial charge < -0.3 is 10.6 Å². The van der Waals surface area contributed by atoms with Crippen molar-refractivity contribution in [2.24, 2.45) is 0 Å². The minimum absolute atomic E-state index is 0.0991. The van der Waals surface area contributed by atoms with Crippen LogP contribution in [0.2, 0.25) is 5.02 Å². The summed E-state index contributed by atoms with van der Waals surface area (Å²) in [5.41, 5.74) is 2.49. The SMILES string of the molecule is O=C(Cc1ccc(Cl)cc1)Nc1ccc(SCC(=O)Nc2nc3ccccc3s2)cc1. The van der Waals surface area contributed by atoms with Crippen LogP contribution < -0.4 is 10.6 Å². The van der Waals surface area contributed by atoms with Gasteiger partial charge in [0, 0.05) is 15.6 Å². The summed E-state index contributed by atoms with van der Waals surface area (Å²) in [7, 11) is 0. The Hall–Kier alpha value is -2.87. The average molecular weight is 468 g/mol. The number of amides is 2. The maximum Gasteiger partial charge on any atom is 0.236 e. The zero-order valence-electron chi connectivity index (χ0n) is 16.3. The lowest BCUT2D eigenvalue weighted by Crippen LogP contribution is -2.14. The number of nitrogens with zero attached hydrogens (tertiary/aromatic N) is 1. The van der Waals surface area contributed by atoms with E-state index in [2.05, 4.69) is 15.6 Å². The first kappa shape index (κ1) is 21.4. The molecule has 4 aromatic rings. The van der Waals surface area contributed by atoms with Crippen LogP contribution in [0.5, 0.6) is 0 Å². The summed E-state index contributed by atoms with van der Waals surface area (Å²) >= 11 is 8.75. The lowest BCUT2D eigenvalue weighted by molar-refractivity contribution is -0.115. The van der Waals surface area contributed by atoms with E-state index in [1.54, 1.807) is 12.1 Å². The highest BCUT2D eigenvalue weighted by Crippen LogP contribution is 2.26. The fourth-order valence-electron chi connectivity index (χ4n) is 2.86. The van der Waals surface area contributed by atoms with Crippen molar-refractivity contribution in [2.75, 3.05) is 16.4 Å². The van der Waals surface area contributed by atoms with Crippen LogP contribution in [-0.2, 0) is 16.0 Å². The number of para-hydroxylation sites is 1. The predicted molar refractivity (Wildman–Crippen MR) is 129 cm³/mol. The molecule has 0 radical (unpaired) electrons. The van der Waals surface area contributed by atoms with E-state index in [0.717, 1.165) is 20.7 Å². The molecule has 3 aromatic carbocycles. The van der Waals surface area contributed by atoms with Crippen molar-refractivity contribution in [2.45, 2.75) is 11.3 Å². The number of hydrogen-bond acceptors (Lipinski definition) is 5. The first-order valence-corrected chi connectivity index (χ1v) is 11.7. The highest BCUT2D eigenvalue weighted by Gasteiger charge is 2.09. The molecule has 0 aliphatic heterocycles. The quantitative estimate of drug-likeness (QED) is 0.334. The van der Waals surface area contributed by atoms with Gasteiger partial charge in [-0.1, -0.05) is 47.2 Å². The van der Waals surface area contributed by atoms with E-state index in [0.29, 0.717) is 15.8 Å². The van der Waals surface area contributed by atoms with Gasteiger partial charge in [0.1, 0.15) is 0 Å². The van der Waals surface area contributed by atoms with E-state index in [1.807, 2.05) is 60.7 Å². The Kier molecular flexibility index (Phi) is 6.86. The number of rotatable bonds is 7. The molecule has 1 heterocycles. The summed E-state index contributed by atoms with van der Waals surface area (Å²) in [6.07, 6.45) is 0.277. The summed E-state index contributed by atoms with van der Waals surface area (Å²) in [6.45, 7) is 0. The first-order valence-electron chi connectivity index (χ1n) is 9.48. The molecule has 4 rings (SSSR count). The molecule has 0 spiro atoms. The molecule has 0 aliphatic rings. The van der Waals surface area contributed by atoms with E-state index in [1.165, 1.54) is 23.1 Å². The van der Waals surface area contributed by atoms with Crippen molar-refractivity contribution in [1.29, 1.82) is 0 Å². The molecule has 5 nitrogen and oxygen atoms in total. The zero-order chi connectivity index (χ0) is 21.6. The van der Waals surface area contributed by atoms with Crippen LogP contribution in [0.15, 0.2) is 77.7 Å². The van der Waals surface area contributed by atoms with E-state index in [9.17, 15) is 9.59 Å². The van der Waals surface area contributed by atoms with E-state index in [-0.39, 0.29) is 24.0 Å². The molecule has 0 fully saturated rings. The minimum atomic E-state index is -0.107. The molecule has 2 amide bonds. The first-order chi connectivity index (χ1) is 15.0. The molecule has 1 aromatic heterocycles. The molecule has 0 atom stereocenters. The monoisotopic (exact) mass is 467 g/mol. The summed E-state index contributed by atoms with van der Waals surface area (Å²) in [6, 6.07) is 22.4. The summed E-state index contributed by atoms with van der Waals surface area (Å²) < 4.78 is 1.04. The number of aromatic nitrogens is 1. The molecule has 156 valence electrons. The molecule has 0 unspecified atom stereocenters. The van der Waals surface area contributed by atoms with E-state index < -0.39 is 0 Å². The summed E-state index contributed by atoms with van der Waals surface area (Å²) in [5.74, 6) is 0.0698. The van der Waals surface area contributed by atoms with Gasteiger partial charge in [-0.15, -0.1) is 11.8 Å². The van der Waals surface area contributed by atoms with Crippen LogP contribution in [0.4, 0.5) is 10.8 Å². The van der Waals surface area contributed by atoms with Crippen LogP contribution in [0, 0.1) is 0 Å². The van der Waals surface area contributed by atoms with Crippen molar-refractivity contribution in [1.82, 2.24) is 4.98 Å². The Bertz CT molecular complexity index is 1170. The standard InChI is InChI=1S/C23H18ClN3O2S2/c24-16-7-5-15(6-8-16)13-21(28)25-17-9-11-18(12-10-17)30-14-22(29)27-23-26-19-3-1-2-4-20(19)31-23/h1-12H,13-14H2,(H,25,28)(H,26,27,29). The van der Waals surface area contributed by atoms with Gasteiger partial charge >= 0.3 is 0 Å². The highest BCUT2D eigenvalue weighted by atomic mass is 35.5. The Balaban J connectivity index is 1.25. The van der Waals surface area contributed by atoms with Crippen LogP contribution in [0.3, 0.4) is 0 Å². The van der Waals surface area contributed by atoms with Crippen molar-refractivity contribution < 1.29 is 9.59 Å². The zero-order valence-corrected chi connectivity index (χ0v) is 18.7. The van der Waals surface area contributed by atoms with Crippen molar-refractivity contribution in [3.8, 4) is 0 Å². The second-order valence-corrected chi connectivity index (χ2v) is 9.22. The maximum absolute atomic E-state index is 12.2. The smallest absolute Gasteiger partial charge is 0.236 e. The molecule has 0 saturated heterocycles. The van der Waals surface area contributed by atoms with E-state index >= 15 is 0 Å². The Morgan fingerprint density at radius 1 is 0.903 bits per heavy atom. The van der Waals surface area contributed by atoms with Crippen molar-refractivity contribution >= 4 is 67.5 Å². The highest BCUT2D eigenvalue weighted by molar-refractivity contribution is 8.00. The Labute approximate surface area is 192 Å². The molecule has 0 bridgehead atoms. The Morgan fingerprint density at radius 3 is 2.39 bits per heavy atom. The molecule has 31 heavy (non-hydrogen) atoms. The number of carbonyl (C=O) groups is 2. The second kappa shape index (κ2) is 9.96. The minimum Gasteiger partial charge on any atom is -0.326 e. The number of hydrogen-bond donors (Lipinski definition) is 2. The van der Waals surface area contributed by atoms with Crippen LogP contribution >= 0.6 is 34.7 Å². The third-order valence-corrected chi connectivity index (χ3v) is 6.54. The van der Waals surface area contributed by atoms with Crippen molar-refractivity contribution in [3.63, 3.8) is 0 Å². The number of carbonyl (C=O) groups excluding carboxylic acids is 2. The number of thiazole rings is 1. The van der Waals surface area contributed by atoms with Crippen LogP contribution in [0.25, 0.3) is 10.2 Å². The van der Waals surface area contributed by atoms with Gasteiger partial charge in [0.25, 0.3) is 0 Å². The molecule has 0 aliphatic carbocycles. The van der Waals surface area contributed by atoms with E-state index in [4.69, 9.17) is 11.6 Å². The number of benzene rings is 3. The normalized spacial score (nSPS) is 10.7. The molecule has 2 N–H and O–H groups in total. The third kappa shape index (κ3) is 6.07. The number of fused-ring (bicyclic) bond motifs is 1. The number of halogens is 1. The van der Waals surface area contributed by atoms with Gasteiger partial charge in [-0.05, 0) is 54.1 Å². The van der Waals surface area contributed by atoms with Crippen LogP contribution in [-0.4, -0.2) is 22.6 Å². The Morgan fingerprint density at radius 2 is 1.65 bits per heavy atom. The summed E-state index contributed by atoms with van der Waals surface area (Å²) in [5, 5.41) is 6.97. The molecular weight excluding hydrogens is 450 g/mol. The van der Waals surface area contributed by atoms with Gasteiger partial charge in [0.05, 0.1) is 22.4 Å². The number of thioether (sulfide) groups is 1. The lowest BCUT2D eigenvalue weighted by Gasteiger charge is -2.07. The molecule has 8 heteroatoms. The predicted octanol–water partition coefficient (Wildman–Crippen LogP) is 5.86. The topological polar surface area (TPSA) is 71.1 Å². The fourth-order valence-corrected chi connectivity index (χ4v) is 4.56.